The normalized spacial score (nSPS) is 11.0. The molecule has 0 saturated heterocycles. The van der Waals surface area contributed by atoms with Gasteiger partial charge < -0.3 is 14.3 Å². The maximum atomic E-state index is 12.5. The molecule has 0 radical (unpaired) electrons. The second kappa shape index (κ2) is 6.61. The van der Waals surface area contributed by atoms with Crippen molar-refractivity contribution in [1.82, 2.24) is 14.5 Å². The van der Waals surface area contributed by atoms with Crippen molar-refractivity contribution in [2.75, 3.05) is 0 Å². The molecule has 3 aromatic heterocycles. The van der Waals surface area contributed by atoms with Gasteiger partial charge in [0, 0.05) is 24.2 Å². The Kier molecular flexibility index (Phi) is 4.14. The fourth-order valence-corrected chi connectivity index (χ4v) is 3.74. The molecule has 1 N–H and O–H groups in total. The average molecular weight is 365 g/mol. The zero-order valence-corrected chi connectivity index (χ0v) is 14.7. The molecule has 0 fully saturated rings. The van der Waals surface area contributed by atoms with E-state index in [0.717, 1.165) is 11.1 Å². The van der Waals surface area contributed by atoms with Crippen molar-refractivity contribution in [1.29, 1.82) is 0 Å². The number of thiophene rings is 1. The zero-order valence-electron chi connectivity index (χ0n) is 13.9. The molecule has 1 aromatic carbocycles. The third kappa shape index (κ3) is 2.93. The molecule has 0 bridgehead atoms. The minimum absolute atomic E-state index is 0.0895. The van der Waals surface area contributed by atoms with E-state index in [2.05, 4.69) is 9.97 Å². The maximum absolute atomic E-state index is 12.5. The molecule has 0 spiro atoms. The van der Waals surface area contributed by atoms with Crippen molar-refractivity contribution in [3.8, 4) is 11.1 Å². The first-order chi connectivity index (χ1) is 12.6. The van der Waals surface area contributed by atoms with Gasteiger partial charge in [-0.05, 0) is 17.7 Å². The monoisotopic (exact) mass is 365 g/mol. The Morgan fingerprint density at radius 1 is 1.23 bits per heavy atom. The van der Waals surface area contributed by atoms with Gasteiger partial charge in [-0.2, -0.15) is 0 Å². The lowest BCUT2D eigenvalue weighted by Gasteiger charge is -2.05. The Balaban J connectivity index is 1.61. The fraction of sp³-hybridized carbons (Fsp3) is 0.105. The van der Waals surface area contributed by atoms with E-state index in [1.165, 1.54) is 11.3 Å². The topological polar surface area (TPSA) is 77.0 Å². The van der Waals surface area contributed by atoms with Crippen molar-refractivity contribution in [3.63, 3.8) is 0 Å². The third-order valence-corrected chi connectivity index (χ3v) is 4.94. The predicted molar refractivity (Wildman–Crippen MR) is 100 cm³/mol. The molecular weight excluding hydrogens is 350 g/mol. The summed E-state index contributed by atoms with van der Waals surface area (Å²) in [5.41, 5.74) is 2.02. The first kappa shape index (κ1) is 16.3. The summed E-state index contributed by atoms with van der Waals surface area (Å²) in [4.78, 5) is 32.4. The van der Waals surface area contributed by atoms with Crippen molar-refractivity contribution in [3.05, 3.63) is 75.9 Å². The number of rotatable bonds is 4. The molecule has 0 amide bonds. The van der Waals surface area contributed by atoms with Gasteiger partial charge in [0.2, 0.25) is 0 Å². The average Bonchev–Trinajstić information content (AvgIpc) is 3.27. The molecule has 0 aliphatic rings. The summed E-state index contributed by atoms with van der Waals surface area (Å²) >= 11 is 1.40. The Morgan fingerprint density at radius 2 is 2.04 bits per heavy atom. The molecule has 0 atom stereocenters. The fourth-order valence-electron chi connectivity index (χ4n) is 2.77. The summed E-state index contributed by atoms with van der Waals surface area (Å²) in [6, 6.07) is 13.1. The van der Waals surface area contributed by atoms with Crippen LogP contribution in [0.1, 0.15) is 16.3 Å². The van der Waals surface area contributed by atoms with Gasteiger partial charge in [-0.25, -0.2) is 9.78 Å². The van der Waals surface area contributed by atoms with Gasteiger partial charge in [0.05, 0.1) is 5.39 Å². The zero-order chi connectivity index (χ0) is 18.1. The van der Waals surface area contributed by atoms with Crippen LogP contribution in [0.5, 0.6) is 0 Å². The molecule has 4 rings (SSSR count). The van der Waals surface area contributed by atoms with Gasteiger partial charge in [0.15, 0.2) is 0 Å². The highest BCUT2D eigenvalue weighted by molar-refractivity contribution is 7.17. The summed E-state index contributed by atoms with van der Waals surface area (Å²) in [6.45, 7) is -0.0895. The summed E-state index contributed by atoms with van der Waals surface area (Å²) in [6.07, 6.45) is 1.76. The van der Waals surface area contributed by atoms with Gasteiger partial charge in [-0.15, -0.1) is 11.3 Å². The van der Waals surface area contributed by atoms with Gasteiger partial charge in [0.25, 0.3) is 5.56 Å². The molecule has 7 heteroatoms. The number of aromatic nitrogens is 3. The Hall–Kier alpha value is -3.19. The number of aromatic amines is 1. The molecule has 130 valence electrons. The highest BCUT2D eigenvalue weighted by atomic mass is 32.1. The standard InChI is InChI=1S/C19H15N3O3S/c1-22-9-5-8-14(22)19(24)25-10-15-20-17(23)16-13(11-26-18(16)21-15)12-6-3-2-4-7-12/h2-9,11H,10H2,1H3,(H,20,21,23). The second-order valence-electron chi connectivity index (χ2n) is 5.79. The van der Waals surface area contributed by atoms with E-state index in [4.69, 9.17) is 4.74 Å². The molecule has 4 aromatic rings. The maximum Gasteiger partial charge on any atom is 0.355 e. The predicted octanol–water partition coefficient (Wildman–Crippen LogP) is 3.35. The van der Waals surface area contributed by atoms with Crippen molar-refractivity contribution < 1.29 is 9.53 Å². The Bertz CT molecular complexity index is 1140. The van der Waals surface area contributed by atoms with Crippen molar-refractivity contribution >= 4 is 27.5 Å². The largest absolute Gasteiger partial charge is 0.453 e. The quantitative estimate of drug-likeness (QED) is 0.563. The molecule has 3 heterocycles. The number of hydrogen-bond donors (Lipinski definition) is 1. The van der Waals surface area contributed by atoms with Crippen LogP contribution >= 0.6 is 11.3 Å². The lowest BCUT2D eigenvalue weighted by atomic mass is 10.1. The van der Waals surface area contributed by atoms with Crippen LogP contribution in [0, 0.1) is 0 Å². The van der Waals surface area contributed by atoms with E-state index in [0.29, 0.717) is 21.7 Å². The third-order valence-electron chi connectivity index (χ3n) is 4.07. The highest BCUT2D eigenvalue weighted by Gasteiger charge is 2.15. The SMILES string of the molecule is Cn1cccc1C(=O)OCc1nc2scc(-c3ccccc3)c2c(=O)[nH]1. The smallest absolute Gasteiger partial charge is 0.355 e. The molecule has 0 aliphatic heterocycles. The Labute approximate surface area is 152 Å². The van der Waals surface area contributed by atoms with Crippen LogP contribution in [-0.2, 0) is 18.4 Å². The number of hydrogen-bond acceptors (Lipinski definition) is 5. The van der Waals surface area contributed by atoms with Crippen LogP contribution in [0.25, 0.3) is 21.3 Å². The summed E-state index contributed by atoms with van der Waals surface area (Å²) in [5, 5.41) is 2.47. The van der Waals surface area contributed by atoms with Crippen LogP contribution in [0.15, 0.2) is 58.8 Å². The van der Waals surface area contributed by atoms with E-state index in [9.17, 15) is 9.59 Å². The number of benzene rings is 1. The Morgan fingerprint density at radius 3 is 2.77 bits per heavy atom. The van der Waals surface area contributed by atoms with Crippen LogP contribution < -0.4 is 5.56 Å². The summed E-state index contributed by atoms with van der Waals surface area (Å²) in [5.74, 6) is -0.136. The van der Waals surface area contributed by atoms with Crippen LogP contribution in [0.3, 0.4) is 0 Å². The van der Waals surface area contributed by atoms with Gasteiger partial charge in [0.1, 0.15) is 23.0 Å². The number of carbonyl (C=O) groups excluding carboxylic acids is 1. The van der Waals surface area contributed by atoms with Crippen molar-refractivity contribution in [2.45, 2.75) is 6.61 Å². The molecule has 6 nitrogen and oxygen atoms in total. The van der Waals surface area contributed by atoms with Crippen molar-refractivity contribution in [2.24, 2.45) is 7.05 Å². The van der Waals surface area contributed by atoms with Crippen LogP contribution in [0.4, 0.5) is 0 Å². The lowest BCUT2D eigenvalue weighted by molar-refractivity contribution is 0.0451. The van der Waals surface area contributed by atoms with Crippen LogP contribution in [-0.4, -0.2) is 20.5 Å². The number of esters is 1. The van der Waals surface area contributed by atoms with Crippen LogP contribution in [0.2, 0.25) is 0 Å². The van der Waals surface area contributed by atoms with Gasteiger partial charge >= 0.3 is 5.97 Å². The number of fused-ring (bicyclic) bond motifs is 1. The van der Waals surface area contributed by atoms with E-state index in [-0.39, 0.29) is 12.2 Å². The highest BCUT2D eigenvalue weighted by Crippen LogP contribution is 2.30. The number of aryl methyl sites for hydroxylation is 1. The molecule has 0 unspecified atom stereocenters. The minimum Gasteiger partial charge on any atom is -0.453 e. The molecule has 0 saturated carbocycles. The summed E-state index contributed by atoms with van der Waals surface area (Å²) in [7, 11) is 1.76. The summed E-state index contributed by atoms with van der Waals surface area (Å²) < 4.78 is 6.93. The number of H-pyrrole nitrogens is 1. The van der Waals surface area contributed by atoms with Gasteiger partial charge in [-0.1, -0.05) is 30.3 Å². The lowest BCUT2D eigenvalue weighted by Crippen LogP contribution is -2.15. The molecule has 26 heavy (non-hydrogen) atoms. The molecule has 0 aliphatic carbocycles. The van der Waals surface area contributed by atoms with Gasteiger partial charge in [-0.3, -0.25) is 4.79 Å². The van der Waals surface area contributed by atoms with E-state index < -0.39 is 5.97 Å². The van der Waals surface area contributed by atoms with E-state index in [1.54, 1.807) is 29.9 Å². The number of nitrogens with zero attached hydrogens (tertiary/aromatic N) is 2. The van der Waals surface area contributed by atoms with E-state index >= 15 is 0 Å². The first-order valence-electron chi connectivity index (χ1n) is 7.98. The number of carbonyl (C=O) groups is 1. The molecular formula is C19H15N3O3S. The van der Waals surface area contributed by atoms with E-state index in [1.807, 2.05) is 35.7 Å². The second-order valence-corrected chi connectivity index (χ2v) is 6.65. The number of nitrogens with one attached hydrogen (secondary N) is 1. The minimum atomic E-state index is -0.462. The first-order valence-corrected chi connectivity index (χ1v) is 8.86. The number of ether oxygens (including phenoxy) is 1.